The summed E-state index contributed by atoms with van der Waals surface area (Å²) in [7, 11) is 0. The molecule has 0 spiro atoms. The molecular formula is C13H18BrN. The van der Waals surface area contributed by atoms with E-state index in [-0.39, 0.29) is 0 Å². The fourth-order valence-electron chi connectivity index (χ4n) is 2.64. The number of anilines is 1. The summed E-state index contributed by atoms with van der Waals surface area (Å²) in [6.07, 6.45) is 2.55. The maximum atomic E-state index is 3.61. The van der Waals surface area contributed by atoms with Crippen molar-refractivity contribution < 1.29 is 0 Å². The summed E-state index contributed by atoms with van der Waals surface area (Å²) in [4.78, 5) is 0. The summed E-state index contributed by atoms with van der Waals surface area (Å²) < 4.78 is 1.20. The molecule has 0 bridgehead atoms. The molecule has 2 rings (SSSR count). The van der Waals surface area contributed by atoms with Gasteiger partial charge in [-0.15, -0.1) is 0 Å². The van der Waals surface area contributed by atoms with E-state index >= 15 is 0 Å². The lowest BCUT2D eigenvalue weighted by atomic mass is 9.84. The monoisotopic (exact) mass is 267 g/mol. The Balaban J connectivity index is 2.32. The van der Waals surface area contributed by atoms with Gasteiger partial charge < -0.3 is 5.32 Å². The maximum absolute atomic E-state index is 3.61. The van der Waals surface area contributed by atoms with Crippen LogP contribution in [0.1, 0.15) is 38.2 Å². The van der Waals surface area contributed by atoms with Crippen LogP contribution in [0.25, 0.3) is 0 Å². The topological polar surface area (TPSA) is 12.0 Å². The predicted molar refractivity (Wildman–Crippen MR) is 69.4 cm³/mol. The van der Waals surface area contributed by atoms with Crippen LogP contribution in [0, 0.1) is 5.92 Å². The van der Waals surface area contributed by atoms with Gasteiger partial charge in [-0.3, -0.25) is 0 Å². The van der Waals surface area contributed by atoms with Crippen LogP contribution in [0.15, 0.2) is 22.7 Å². The van der Waals surface area contributed by atoms with Crippen molar-refractivity contribution in [2.24, 2.45) is 5.92 Å². The van der Waals surface area contributed by atoms with Crippen LogP contribution in [-0.2, 0) is 0 Å². The molecule has 1 N–H and O–H groups in total. The molecule has 1 nitrogen and oxygen atoms in total. The van der Waals surface area contributed by atoms with Gasteiger partial charge in [0.2, 0.25) is 0 Å². The average molecular weight is 268 g/mol. The summed E-state index contributed by atoms with van der Waals surface area (Å²) >= 11 is 3.61. The number of fused-ring (bicyclic) bond motifs is 1. The second-order valence-electron chi connectivity index (χ2n) is 4.27. The minimum atomic E-state index is 0.701. The van der Waals surface area contributed by atoms with Crippen molar-refractivity contribution in [3.05, 3.63) is 28.2 Å². The van der Waals surface area contributed by atoms with Crippen molar-refractivity contribution in [2.75, 3.05) is 11.9 Å². The van der Waals surface area contributed by atoms with E-state index in [9.17, 15) is 0 Å². The van der Waals surface area contributed by atoms with Crippen molar-refractivity contribution in [3.63, 3.8) is 0 Å². The third-order valence-corrected chi connectivity index (χ3v) is 4.22. The molecule has 0 amide bonds. The zero-order chi connectivity index (χ0) is 10.8. The molecule has 0 aromatic heterocycles. The first-order valence-corrected chi connectivity index (χ1v) is 6.59. The standard InChI is InChI=1S/C13H18BrN/c1-3-9(4-2)11-8-15-13-10(11)6-5-7-12(13)14/h5-7,9,11,15H,3-4,8H2,1-2H3. The molecule has 82 valence electrons. The largest absolute Gasteiger partial charge is 0.383 e. The second kappa shape index (κ2) is 4.56. The van der Waals surface area contributed by atoms with E-state index in [1.807, 2.05) is 0 Å². The minimum Gasteiger partial charge on any atom is -0.383 e. The Kier molecular flexibility index (Phi) is 3.35. The lowest BCUT2D eigenvalue weighted by Crippen LogP contribution is -2.13. The fraction of sp³-hybridized carbons (Fsp3) is 0.538. The third kappa shape index (κ3) is 1.92. The van der Waals surface area contributed by atoms with E-state index in [2.05, 4.69) is 53.3 Å². The molecule has 0 fully saturated rings. The first-order chi connectivity index (χ1) is 7.27. The van der Waals surface area contributed by atoms with Gasteiger partial charge in [0.05, 0.1) is 5.69 Å². The average Bonchev–Trinajstić information content (AvgIpc) is 2.66. The van der Waals surface area contributed by atoms with Crippen LogP contribution in [0.2, 0.25) is 0 Å². The lowest BCUT2D eigenvalue weighted by Gasteiger charge is -2.20. The van der Waals surface area contributed by atoms with E-state index in [0.717, 1.165) is 12.5 Å². The van der Waals surface area contributed by atoms with Gasteiger partial charge in [-0.05, 0) is 33.5 Å². The molecule has 1 unspecified atom stereocenters. The van der Waals surface area contributed by atoms with E-state index < -0.39 is 0 Å². The summed E-state index contributed by atoms with van der Waals surface area (Å²) in [5.74, 6) is 1.51. The molecule has 0 radical (unpaired) electrons. The smallest absolute Gasteiger partial charge is 0.0521 e. The van der Waals surface area contributed by atoms with E-state index in [4.69, 9.17) is 0 Å². The number of nitrogens with one attached hydrogen (secondary N) is 1. The summed E-state index contributed by atoms with van der Waals surface area (Å²) in [6, 6.07) is 6.52. The van der Waals surface area contributed by atoms with Crippen molar-refractivity contribution >= 4 is 21.6 Å². The lowest BCUT2D eigenvalue weighted by molar-refractivity contribution is 0.418. The van der Waals surface area contributed by atoms with E-state index in [1.165, 1.54) is 28.6 Å². The van der Waals surface area contributed by atoms with Crippen LogP contribution in [0.5, 0.6) is 0 Å². The first kappa shape index (κ1) is 11.0. The van der Waals surface area contributed by atoms with Crippen LogP contribution in [0.3, 0.4) is 0 Å². The Bertz CT molecular complexity index is 344. The second-order valence-corrected chi connectivity index (χ2v) is 5.12. The Hall–Kier alpha value is -0.500. The molecular weight excluding hydrogens is 250 g/mol. The van der Waals surface area contributed by atoms with Crippen molar-refractivity contribution in [1.29, 1.82) is 0 Å². The maximum Gasteiger partial charge on any atom is 0.0521 e. The molecule has 1 aliphatic heterocycles. The quantitative estimate of drug-likeness (QED) is 0.857. The number of benzene rings is 1. The normalized spacial score (nSPS) is 19.1. The van der Waals surface area contributed by atoms with Crippen LogP contribution < -0.4 is 5.32 Å². The molecule has 1 aliphatic rings. The molecule has 1 aromatic carbocycles. The minimum absolute atomic E-state index is 0.701. The van der Waals surface area contributed by atoms with Crippen LogP contribution in [0.4, 0.5) is 5.69 Å². The fourth-order valence-corrected chi connectivity index (χ4v) is 3.16. The molecule has 1 aromatic rings. The van der Waals surface area contributed by atoms with Crippen molar-refractivity contribution in [1.82, 2.24) is 0 Å². The Morgan fingerprint density at radius 1 is 1.40 bits per heavy atom. The number of hydrogen-bond donors (Lipinski definition) is 1. The molecule has 0 saturated heterocycles. The highest BCUT2D eigenvalue weighted by Crippen LogP contribution is 2.42. The Morgan fingerprint density at radius 3 is 2.80 bits per heavy atom. The molecule has 0 saturated carbocycles. The van der Waals surface area contributed by atoms with Gasteiger partial charge in [0, 0.05) is 16.9 Å². The van der Waals surface area contributed by atoms with Gasteiger partial charge in [-0.1, -0.05) is 38.8 Å². The number of rotatable bonds is 3. The predicted octanol–water partition coefficient (Wildman–Crippen LogP) is 4.39. The zero-order valence-corrected chi connectivity index (χ0v) is 11.0. The van der Waals surface area contributed by atoms with Gasteiger partial charge in [-0.2, -0.15) is 0 Å². The van der Waals surface area contributed by atoms with Crippen LogP contribution >= 0.6 is 15.9 Å². The third-order valence-electron chi connectivity index (χ3n) is 3.56. The molecule has 2 heteroatoms. The van der Waals surface area contributed by atoms with Crippen LogP contribution in [-0.4, -0.2) is 6.54 Å². The highest BCUT2D eigenvalue weighted by Gasteiger charge is 2.28. The van der Waals surface area contributed by atoms with E-state index in [0.29, 0.717) is 5.92 Å². The summed E-state index contributed by atoms with van der Waals surface area (Å²) in [5.41, 5.74) is 2.81. The molecule has 15 heavy (non-hydrogen) atoms. The SMILES string of the molecule is CCC(CC)C1CNc2c(Br)cccc21. The molecule has 0 aliphatic carbocycles. The first-order valence-electron chi connectivity index (χ1n) is 5.80. The van der Waals surface area contributed by atoms with Crippen molar-refractivity contribution in [3.8, 4) is 0 Å². The van der Waals surface area contributed by atoms with Gasteiger partial charge in [0.1, 0.15) is 0 Å². The van der Waals surface area contributed by atoms with Crippen molar-refractivity contribution in [2.45, 2.75) is 32.6 Å². The highest BCUT2D eigenvalue weighted by molar-refractivity contribution is 9.10. The zero-order valence-electron chi connectivity index (χ0n) is 9.39. The highest BCUT2D eigenvalue weighted by atomic mass is 79.9. The summed E-state index contributed by atoms with van der Waals surface area (Å²) in [6.45, 7) is 5.69. The number of hydrogen-bond acceptors (Lipinski definition) is 1. The number of halogens is 1. The molecule has 1 atom stereocenters. The van der Waals surface area contributed by atoms with Gasteiger partial charge in [0.25, 0.3) is 0 Å². The van der Waals surface area contributed by atoms with Gasteiger partial charge >= 0.3 is 0 Å². The van der Waals surface area contributed by atoms with Gasteiger partial charge in [0.15, 0.2) is 0 Å². The van der Waals surface area contributed by atoms with E-state index in [1.54, 1.807) is 0 Å². The Labute approximate surface area is 100 Å². The summed E-state index contributed by atoms with van der Waals surface area (Å²) in [5, 5.41) is 3.52. The number of para-hydroxylation sites is 1. The molecule has 1 heterocycles. The Morgan fingerprint density at radius 2 is 2.13 bits per heavy atom. The van der Waals surface area contributed by atoms with Gasteiger partial charge in [-0.25, -0.2) is 0 Å².